The molecule has 16 heavy (non-hydrogen) atoms. The van der Waals surface area contributed by atoms with Gasteiger partial charge in [-0.3, -0.25) is 0 Å². The van der Waals surface area contributed by atoms with Crippen LogP contribution < -0.4 is 0 Å². The van der Waals surface area contributed by atoms with Crippen molar-refractivity contribution in [2.45, 2.75) is 44.6 Å². The molecule has 1 atom stereocenters. The number of benzene rings is 1. The molecular weight excluding hydrogens is 216 g/mol. The molecule has 2 heteroatoms. The number of hydrogen-bond acceptors (Lipinski definition) is 2. The summed E-state index contributed by atoms with van der Waals surface area (Å²) in [5.41, 5.74) is 2.90. The van der Waals surface area contributed by atoms with Crippen LogP contribution in [0.25, 0.3) is 0 Å². The van der Waals surface area contributed by atoms with E-state index in [9.17, 15) is 5.11 Å². The number of hydrogen-bond donors (Lipinski definition) is 1. The first-order chi connectivity index (χ1) is 7.48. The first kappa shape index (κ1) is 12.0. The molecular formula is C14H20OS. The largest absolute Gasteiger partial charge is 0.389 e. The van der Waals surface area contributed by atoms with Gasteiger partial charge >= 0.3 is 0 Å². The summed E-state index contributed by atoms with van der Waals surface area (Å²) in [6.07, 6.45) is 2.05. The smallest absolute Gasteiger partial charge is 0.0762 e. The van der Waals surface area contributed by atoms with E-state index in [0.29, 0.717) is 5.41 Å². The summed E-state index contributed by atoms with van der Waals surface area (Å²) in [6, 6.07) is 6.40. The van der Waals surface area contributed by atoms with Crippen molar-refractivity contribution in [1.29, 1.82) is 0 Å². The lowest BCUT2D eigenvalue weighted by molar-refractivity contribution is 0.199. The lowest BCUT2D eigenvalue weighted by Crippen LogP contribution is -2.13. The van der Waals surface area contributed by atoms with Crippen molar-refractivity contribution < 1.29 is 5.11 Å². The molecule has 0 bridgehead atoms. The molecule has 1 aromatic rings. The van der Waals surface area contributed by atoms with Crippen LogP contribution in [0.4, 0.5) is 0 Å². The minimum Gasteiger partial charge on any atom is -0.389 e. The van der Waals surface area contributed by atoms with E-state index in [1.807, 2.05) is 18.7 Å². The number of aryl methyl sites for hydroxylation is 1. The van der Waals surface area contributed by atoms with E-state index in [2.05, 4.69) is 32.0 Å². The van der Waals surface area contributed by atoms with Crippen molar-refractivity contribution in [3.8, 4) is 0 Å². The minimum absolute atomic E-state index is 0.359. The second-order valence-corrected chi connectivity index (χ2v) is 6.51. The normalized spacial score (nSPS) is 21.0. The summed E-state index contributed by atoms with van der Waals surface area (Å²) in [4.78, 5) is 1.36. The van der Waals surface area contributed by atoms with Gasteiger partial charge in [-0.2, -0.15) is 0 Å². The summed E-state index contributed by atoms with van der Waals surface area (Å²) >= 11 is 1.94. The van der Waals surface area contributed by atoms with Crippen molar-refractivity contribution in [3.05, 3.63) is 29.3 Å². The number of aliphatic hydroxyl groups excluding tert-OH is 1. The standard InChI is InChI=1S/C14H20OS/c1-10(15)12-5-4-11-6-7-14(2,3)9-16-13(11)8-12/h4-5,8,10,15H,6-7,9H2,1-3H3. The van der Waals surface area contributed by atoms with E-state index < -0.39 is 0 Å². The van der Waals surface area contributed by atoms with Crippen LogP contribution in [0.3, 0.4) is 0 Å². The topological polar surface area (TPSA) is 20.2 Å². The Morgan fingerprint density at radius 1 is 1.38 bits per heavy atom. The maximum absolute atomic E-state index is 9.59. The van der Waals surface area contributed by atoms with Crippen LogP contribution in [-0.2, 0) is 6.42 Å². The predicted octanol–water partition coefficient (Wildman–Crippen LogP) is 3.80. The highest BCUT2D eigenvalue weighted by Crippen LogP contribution is 2.38. The number of rotatable bonds is 1. The highest BCUT2D eigenvalue weighted by molar-refractivity contribution is 7.99. The lowest BCUT2D eigenvalue weighted by Gasteiger charge is -2.20. The highest BCUT2D eigenvalue weighted by Gasteiger charge is 2.23. The minimum atomic E-state index is -0.359. The van der Waals surface area contributed by atoms with Crippen molar-refractivity contribution in [2.75, 3.05) is 5.75 Å². The van der Waals surface area contributed by atoms with Crippen LogP contribution in [0.5, 0.6) is 0 Å². The van der Waals surface area contributed by atoms with Crippen LogP contribution in [-0.4, -0.2) is 10.9 Å². The molecule has 1 heterocycles. The third-order valence-corrected chi connectivity index (χ3v) is 4.88. The second-order valence-electron chi connectivity index (χ2n) is 5.50. The Morgan fingerprint density at radius 2 is 2.12 bits per heavy atom. The van der Waals surface area contributed by atoms with Crippen molar-refractivity contribution >= 4 is 11.8 Å². The van der Waals surface area contributed by atoms with Crippen molar-refractivity contribution in [1.82, 2.24) is 0 Å². The molecule has 0 aromatic heterocycles. The maximum atomic E-state index is 9.59. The molecule has 1 aromatic carbocycles. The predicted molar refractivity (Wildman–Crippen MR) is 69.9 cm³/mol. The number of aliphatic hydroxyl groups is 1. The Morgan fingerprint density at radius 3 is 2.81 bits per heavy atom. The molecule has 0 saturated heterocycles. The summed E-state index contributed by atoms with van der Waals surface area (Å²) in [5.74, 6) is 1.17. The maximum Gasteiger partial charge on any atom is 0.0762 e. The molecule has 0 spiro atoms. The Bertz CT molecular complexity index is 382. The van der Waals surface area contributed by atoms with Gasteiger partial charge in [-0.25, -0.2) is 0 Å². The third-order valence-electron chi connectivity index (χ3n) is 3.26. The van der Waals surface area contributed by atoms with E-state index in [0.717, 1.165) is 12.0 Å². The molecule has 2 rings (SSSR count). The van der Waals surface area contributed by atoms with E-state index >= 15 is 0 Å². The molecule has 88 valence electrons. The van der Waals surface area contributed by atoms with Crippen LogP contribution in [0.15, 0.2) is 23.1 Å². The van der Waals surface area contributed by atoms with Crippen molar-refractivity contribution in [2.24, 2.45) is 5.41 Å². The molecule has 1 N–H and O–H groups in total. The zero-order valence-electron chi connectivity index (χ0n) is 10.3. The molecule has 0 saturated carbocycles. The van der Waals surface area contributed by atoms with E-state index in [1.165, 1.54) is 22.6 Å². The van der Waals surface area contributed by atoms with Gasteiger partial charge in [0.25, 0.3) is 0 Å². The van der Waals surface area contributed by atoms with Gasteiger partial charge in [-0.05, 0) is 42.4 Å². The van der Waals surface area contributed by atoms with Gasteiger partial charge in [0.05, 0.1) is 6.10 Å². The molecule has 0 fully saturated rings. The van der Waals surface area contributed by atoms with Gasteiger partial charge in [0.15, 0.2) is 0 Å². The Hall–Kier alpha value is -0.470. The van der Waals surface area contributed by atoms with E-state index in [4.69, 9.17) is 0 Å². The van der Waals surface area contributed by atoms with Crippen LogP contribution in [0.1, 0.15) is 44.4 Å². The third kappa shape index (κ3) is 2.61. The van der Waals surface area contributed by atoms with Crippen LogP contribution >= 0.6 is 11.8 Å². The first-order valence-electron chi connectivity index (χ1n) is 5.92. The number of thioether (sulfide) groups is 1. The summed E-state index contributed by atoms with van der Waals surface area (Å²) in [5, 5.41) is 9.59. The molecule has 0 aliphatic carbocycles. The Balaban J connectivity index is 2.29. The lowest BCUT2D eigenvalue weighted by atomic mass is 9.88. The Labute approximate surface area is 102 Å². The van der Waals surface area contributed by atoms with Gasteiger partial charge in [0.2, 0.25) is 0 Å². The molecule has 1 aliphatic rings. The summed E-state index contributed by atoms with van der Waals surface area (Å²) in [6.45, 7) is 6.50. The van der Waals surface area contributed by atoms with Gasteiger partial charge in [0, 0.05) is 10.6 Å². The fraction of sp³-hybridized carbons (Fsp3) is 0.571. The fourth-order valence-corrected chi connectivity index (χ4v) is 3.26. The van der Waals surface area contributed by atoms with Gasteiger partial charge in [0.1, 0.15) is 0 Å². The zero-order valence-corrected chi connectivity index (χ0v) is 11.1. The quantitative estimate of drug-likeness (QED) is 0.800. The van der Waals surface area contributed by atoms with Crippen molar-refractivity contribution in [3.63, 3.8) is 0 Å². The first-order valence-corrected chi connectivity index (χ1v) is 6.90. The van der Waals surface area contributed by atoms with Gasteiger partial charge in [-0.15, -0.1) is 11.8 Å². The number of fused-ring (bicyclic) bond motifs is 1. The molecule has 1 aliphatic heterocycles. The van der Waals surface area contributed by atoms with E-state index in [-0.39, 0.29) is 6.10 Å². The average molecular weight is 236 g/mol. The second kappa shape index (κ2) is 4.42. The van der Waals surface area contributed by atoms with Gasteiger partial charge < -0.3 is 5.11 Å². The van der Waals surface area contributed by atoms with E-state index in [1.54, 1.807) is 0 Å². The van der Waals surface area contributed by atoms with Crippen LogP contribution in [0, 0.1) is 5.41 Å². The molecule has 0 radical (unpaired) electrons. The SMILES string of the molecule is CC(O)c1ccc2c(c1)SCC(C)(C)CC2. The fourth-order valence-electron chi connectivity index (χ4n) is 1.99. The highest BCUT2D eigenvalue weighted by atomic mass is 32.2. The summed E-state index contributed by atoms with van der Waals surface area (Å²) < 4.78 is 0. The monoisotopic (exact) mass is 236 g/mol. The Kier molecular flexibility index (Phi) is 3.32. The van der Waals surface area contributed by atoms with Crippen LogP contribution in [0.2, 0.25) is 0 Å². The van der Waals surface area contributed by atoms with Gasteiger partial charge in [-0.1, -0.05) is 26.0 Å². The molecule has 1 nitrogen and oxygen atoms in total. The zero-order chi connectivity index (χ0) is 11.8. The summed E-state index contributed by atoms with van der Waals surface area (Å²) in [7, 11) is 0. The molecule has 0 amide bonds. The molecule has 1 unspecified atom stereocenters. The average Bonchev–Trinajstić information content (AvgIpc) is 2.38.